The molecule has 0 amide bonds. The fourth-order valence-electron chi connectivity index (χ4n) is 2.26. The number of ether oxygens (including phenoxy) is 1. The molecule has 1 aromatic carbocycles. The maximum atomic E-state index is 11.6. The van der Waals surface area contributed by atoms with Gasteiger partial charge in [0.2, 0.25) is 0 Å². The first kappa shape index (κ1) is 12.5. The van der Waals surface area contributed by atoms with Crippen LogP contribution in [-0.4, -0.2) is 24.5 Å². The Morgan fingerprint density at radius 1 is 1.44 bits per heavy atom. The number of esters is 1. The molecule has 1 aliphatic rings. The largest absolute Gasteiger partial charge is 0.469 e. The Morgan fingerprint density at radius 3 is 2.67 bits per heavy atom. The van der Waals surface area contributed by atoms with Gasteiger partial charge in [-0.15, -0.1) is 0 Å². The van der Waals surface area contributed by atoms with Gasteiger partial charge in [-0.2, -0.15) is 0 Å². The zero-order valence-electron chi connectivity index (χ0n) is 9.96. The first-order chi connectivity index (χ1) is 8.63. The predicted molar refractivity (Wildman–Crippen MR) is 64.0 cm³/mol. The molecular weight excluding hydrogens is 236 g/mol. The van der Waals surface area contributed by atoms with Crippen molar-refractivity contribution in [3.05, 3.63) is 39.9 Å². The zero-order valence-corrected chi connectivity index (χ0v) is 9.96. The maximum Gasteiger partial charge on any atom is 0.310 e. The topological polar surface area (TPSA) is 81.5 Å². The summed E-state index contributed by atoms with van der Waals surface area (Å²) in [6.07, 6.45) is 0.717. The van der Waals surface area contributed by atoms with Crippen molar-refractivity contribution in [1.82, 2.24) is 5.32 Å². The molecule has 2 atom stereocenters. The number of hydrogen-bond donors (Lipinski definition) is 1. The third-order valence-corrected chi connectivity index (χ3v) is 3.19. The Labute approximate surface area is 104 Å². The minimum Gasteiger partial charge on any atom is -0.469 e. The van der Waals surface area contributed by atoms with Gasteiger partial charge < -0.3 is 10.1 Å². The Bertz CT molecular complexity index is 458. The number of nitrogens with zero attached hydrogens (tertiary/aromatic N) is 1. The van der Waals surface area contributed by atoms with E-state index in [1.807, 2.05) is 0 Å². The molecule has 6 heteroatoms. The van der Waals surface area contributed by atoms with E-state index in [9.17, 15) is 14.9 Å². The second-order valence-electron chi connectivity index (χ2n) is 4.20. The van der Waals surface area contributed by atoms with Gasteiger partial charge in [0.05, 0.1) is 18.0 Å². The van der Waals surface area contributed by atoms with Crippen molar-refractivity contribution in [2.75, 3.05) is 13.7 Å². The SMILES string of the molecule is COC(=O)[C@@H]1CCN[C@@H]1c1ccc([N+](=O)[O-])cc1. The number of rotatable bonds is 3. The van der Waals surface area contributed by atoms with E-state index in [1.165, 1.54) is 19.2 Å². The summed E-state index contributed by atoms with van der Waals surface area (Å²) in [5.74, 6) is -0.472. The van der Waals surface area contributed by atoms with Gasteiger partial charge in [0.1, 0.15) is 0 Å². The number of benzene rings is 1. The normalized spacial score (nSPS) is 22.7. The van der Waals surface area contributed by atoms with Crippen molar-refractivity contribution in [3.63, 3.8) is 0 Å². The molecule has 1 N–H and O–H groups in total. The fourth-order valence-corrected chi connectivity index (χ4v) is 2.26. The summed E-state index contributed by atoms with van der Waals surface area (Å²) < 4.78 is 4.76. The van der Waals surface area contributed by atoms with Gasteiger partial charge in [-0.1, -0.05) is 12.1 Å². The fraction of sp³-hybridized carbons (Fsp3) is 0.417. The molecule has 0 spiro atoms. The van der Waals surface area contributed by atoms with Gasteiger partial charge in [-0.25, -0.2) is 0 Å². The van der Waals surface area contributed by atoms with E-state index in [0.29, 0.717) is 6.42 Å². The van der Waals surface area contributed by atoms with E-state index < -0.39 is 4.92 Å². The summed E-state index contributed by atoms with van der Waals surface area (Å²) in [5.41, 5.74) is 0.917. The van der Waals surface area contributed by atoms with Crippen LogP contribution in [0.4, 0.5) is 5.69 Å². The van der Waals surface area contributed by atoms with Gasteiger partial charge in [-0.3, -0.25) is 14.9 Å². The number of non-ortho nitro benzene ring substituents is 1. The number of nitro groups is 1. The molecule has 0 bridgehead atoms. The number of carbonyl (C=O) groups excluding carboxylic acids is 1. The van der Waals surface area contributed by atoms with Crippen molar-refractivity contribution in [3.8, 4) is 0 Å². The second kappa shape index (κ2) is 5.14. The molecule has 1 fully saturated rings. The van der Waals surface area contributed by atoms with E-state index in [4.69, 9.17) is 4.74 Å². The molecule has 18 heavy (non-hydrogen) atoms. The Morgan fingerprint density at radius 2 is 2.11 bits per heavy atom. The molecule has 96 valence electrons. The van der Waals surface area contributed by atoms with Crippen molar-refractivity contribution >= 4 is 11.7 Å². The lowest BCUT2D eigenvalue weighted by atomic mass is 9.94. The molecule has 1 heterocycles. The first-order valence-corrected chi connectivity index (χ1v) is 5.69. The summed E-state index contributed by atoms with van der Waals surface area (Å²) in [4.78, 5) is 21.7. The Balaban J connectivity index is 2.20. The lowest BCUT2D eigenvalue weighted by Gasteiger charge is -2.17. The highest BCUT2D eigenvalue weighted by Gasteiger charge is 2.34. The van der Waals surface area contributed by atoms with Crippen LogP contribution < -0.4 is 5.32 Å². The number of hydrogen-bond acceptors (Lipinski definition) is 5. The van der Waals surface area contributed by atoms with Gasteiger partial charge in [0.25, 0.3) is 5.69 Å². The molecule has 0 unspecified atom stereocenters. The monoisotopic (exact) mass is 250 g/mol. The van der Waals surface area contributed by atoms with Crippen LogP contribution in [0, 0.1) is 16.0 Å². The van der Waals surface area contributed by atoms with Crippen LogP contribution in [0.5, 0.6) is 0 Å². The molecular formula is C12H14N2O4. The van der Waals surface area contributed by atoms with Crippen LogP contribution >= 0.6 is 0 Å². The molecule has 1 saturated heterocycles. The van der Waals surface area contributed by atoms with E-state index in [1.54, 1.807) is 12.1 Å². The van der Waals surface area contributed by atoms with E-state index in [0.717, 1.165) is 12.1 Å². The lowest BCUT2D eigenvalue weighted by Crippen LogP contribution is -2.24. The van der Waals surface area contributed by atoms with Crippen LogP contribution in [0.3, 0.4) is 0 Å². The van der Waals surface area contributed by atoms with Crippen LogP contribution in [0.1, 0.15) is 18.0 Å². The zero-order chi connectivity index (χ0) is 13.1. The van der Waals surface area contributed by atoms with Crippen LogP contribution in [0.2, 0.25) is 0 Å². The summed E-state index contributed by atoms with van der Waals surface area (Å²) >= 11 is 0. The number of carbonyl (C=O) groups is 1. The standard InChI is InChI=1S/C12H14N2O4/c1-18-12(15)10-6-7-13-11(10)8-2-4-9(5-3-8)14(16)17/h2-5,10-11,13H,6-7H2,1H3/t10-,11-/m1/s1. The second-order valence-corrected chi connectivity index (χ2v) is 4.20. The Kier molecular flexibility index (Phi) is 3.57. The molecule has 0 aromatic heterocycles. The summed E-state index contributed by atoms with van der Waals surface area (Å²) in [6.45, 7) is 0.738. The third kappa shape index (κ3) is 2.33. The molecule has 1 aromatic rings. The summed E-state index contributed by atoms with van der Waals surface area (Å²) in [6, 6.07) is 6.12. The first-order valence-electron chi connectivity index (χ1n) is 5.69. The average molecular weight is 250 g/mol. The van der Waals surface area contributed by atoms with E-state index in [2.05, 4.69) is 5.32 Å². The minimum absolute atomic E-state index is 0.0476. The van der Waals surface area contributed by atoms with Gasteiger partial charge >= 0.3 is 5.97 Å². The van der Waals surface area contributed by atoms with Crippen molar-refractivity contribution in [1.29, 1.82) is 0 Å². The molecule has 0 aliphatic carbocycles. The van der Waals surface area contributed by atoms with Crippen molar-refractivity contribution in [2.24, 2.45) is 5.92 Å². The average Bonchev–Trinajstić information content (AvgIpc) is 2.87. The summed E-state index contributed by atoms with van der Waals surface area (Å²) in [7, 11) is 1.37. The lowest BCUT2D eigenvalue weighted by molar-refractivity contribution is -0.384. The highest BCUT2D eigenvalue weighted by molar-refractivity contribution is 5.74. The van der Waals surface area contributed by atoms with Crippen LogP contribution in [0.15, 0.2) is 24.3 Å². The molecule has 0 saturated carbocycles. The number of methoxy groups -OCH3 is 1. The van der Waals surface area contributed by atoms with Crippen molar-refractivity contribution in [2.45, 2.75) is 12.5 Å². The highest BCUT2D eigenvalue weighted by atomic mass is 16.6. The minimum atomic E-state index is -0.441. The number of nitro benzene ring substituents is 1. The predicted octanol–water partition coefficient (Wildman–Crippen LogP) is 1.42. The van der Waals surface area contributed by atoms with Crippen LogP contribution in [0.25, 0.3) is 0 Å². The quantitative estimate of drug-likeness (QED) is 0.498. The van der Waals surface area contributed by atoms with Gasteiger partial charge in [0.15, 0.2) is 0 Å². The third-order valence-electron chi connectivity index (χ3n) is 3.19. The van der Waals surface area contributed by atoms with Crippen molar-refractivity contribution < 1.29 is 14.5 Å². The molecule has 2 rings (SSSR count). The molecule has 0 radical (unpaired) electrons. The highest BCUT2D eigenvalue weighted by Crippen LogP contribution is 2.31. The van der Waals surface area contributed by atoms with Gasteiger partial charge in [0, 0.05) is 18.2 Å². The summed E-state index contributed by atoms with van der Waals surface area (Å²) in [5, 5.41) is 13.8. The maximum absolute atomic E-state index is 11.6. The smallest absolute Gasteiger partial charge is 0.310 e. The van der Waals surface area contributed by atoms with Crippen LogP contribution in [-0.2, 0) is 9.53 Å². The van der Waals surface area contributed by atoms with Gasteiger partial charge in [-0.05, 0) is 18.5 Å². The number of nitrogens with one attached hydrogen (secondary N) is 1. The molecule has 6 nitrogen and oxygen atoms in total. The van der Waals surface area contributed by atoms with E-state index >= 15 is 0 Å². The molecule has 1 aliphatic heterocycles. The van der Waals surface area contributed by atoms with E-state index in [-0.39, 0.29) is 23.6 Å². The Hall–Kier alpha value is -1.95.